The Bertz CT molecular complexity index is 514. The number of rotatable bonds is 7. The minimum absolute atomic E-state index is 0.573. The molecule has 0 bridgehead atoms. The lowest BCUT2D eigenvalue weighted by Gasteiger charge is -2.09. The minimum Gasteiger partial charge on any atom is -0.310 e. The van der Waals surface area contributed by atoms with Crippen LogP contribution in [0, 0.1) is 0 Å². The molecule has 4 nitrogen and oxygen atoms in total. The van der Waals surface area contributed by atoms with Crippen molar-refractivity contribution >= 4 is 0 Å². The van der Waals surface area contributed by atoms with E-state index in [-0.39, 0.29) is 0 Å². The molecular formula is C16H24N4. The maximum Gasteiger partial charge on any atom is 0.141 e. The fourth-order valence-electron chi connectivity index (χ4n) is 2.11. The highest BCUT2D eigenvalue weighted by Gasteiger charge is 2.05. The largest absolute Gasteiger partial charge is 0.310 e. The van der Waals surface area contributed by atoms with Crippen molar-refractivity contribution in [2.75, 3.05) is 6.54 Å². The van der Waals surface area contributed by atoms with Crippen LogP contribution in [0.15, 0.2) is 30.6 Å². The molecule has 0 fully saturated rings. The summed E-state index contributed by atoms with van der Waals surface area (Å²) in [6.45, 7) is 9.15. The summed E-state index contributed by atoms with van der Waals surface area (Å²) >= 11 is 0. The third-order valence-corrected chi connectivity index (χ3v) is 3.38. The topological polar surface area (TPSA) is 42.7 Å². The quantitative estimate of drug-likeness (QED) is 0.788. The van der Waals surface area contributed by atoms with Gasteiger partial charge in [-0.25, -0.2) is 9.67 Å². The highest BCUT2D eigenvalue weighted by atomic mass is 15.3. The van der Waals surface area contributed by atoms with Crippen LogP contribution in [0.3, 0.4) is 0 Å². The summed E-state index contributed by atoms with van der Waals surface area (Å²) in [4.78, 5) is 4.32. The second-order valence-corrected chi connectivity index (χ2v) is 5.41. The average molecular weight is 272 g/mol. The highest BCUT2D eigenvalue weighted by molar-refractivity contribution is 5.24. The lowest BCUT2D eigenvalue weighted by atomic mass is 10.0. The molecule has 0 radical (unpaired) electrons. The van der Waals surface area contributed by atoms with Crippen molar-refractivity contribution in [3.8, 4) is 0 Å². The normalized spacial score (nSPS) is 11.2. The Balaban J connectivity index is 2.00. The first-order chi connectivity index (χ1) is 9.70. The lowest BCUT2D eigenvalue weighted by Crippen LogP contribution is -2.18. The van der Waals surface area contributed by atoms with Crippen LogP contribution in [-0.4, -0.2) is 21.3 Å². The molecule has 0 atom stereocenters. The molecule has 0 aliphatic heterocycles. The summed E-state index contributed by atoms with van der Waals surface area (Å²) in [6.07, 6.45) is 2.76. The van der Waals surface area contributed by atoms with Crippen molar-refractivity contribution in [1.82, 2.24) is 20.1 Å². The van der Waals surface area contributed by atoms with E-state index >= 15 is 0 Å². The molecule has 0 unspecified atom stereocenters. The molecule has 0 saturated carbocycles. The molecule has 1 N–H and O–H groups in total. The van der Waals surface area contributed by atoms with E-state index in [1.54, 1.807) is 6.33 Å². The maximum atomic E-state index is 4.32. The summed E-state index contributed by atoms with van der Waals surface area (Å²) in [7, 11) is 0. The van der Waals surface area contributed by atoms with Crippen molar-refractivity contribution in [3.05, 3.63) is 47.5 Å². The minimum atomic E-state index is 0.573. The van der Waals surface area contributed by atoms with Crippen molar-refractivity contribution in [1.29, 1.82) is 0 Å². The molecule has 1 heterocycles. The van der Waals surface area contributed by atoms with Gasteiger partial charge in [-0.15, -0.1) is 0 Å². The van der Waals surface area contributed by atoms with Gasteiger partial charge in [0.25, 0.3) is 0 Å². The van der Waals surface area contributed by atoms with E-state index in [9.17, 15) is 0 Å². The van der Waals surface area contributed by atoms with Gasteiger partial charge in [0, 0.05) is 0 Å². The number of hydrogen-bond acceptors (Lipinski definition) is 3. The summed E-state index contributed by atoms with van der Waals surface area (Å²) < 4.78 is 1.97. The molecule has 0 saturated heterocycles. The zero-order valence-corrected chi connectivity index (χ0v) is 12.6. The van der Waals surface area contributed by atoms with Gasteiger partial charge in [-0.2, -0.15) is 5.10 Å². The first kappa shape index (κ1) is 14.7. The summed E-state index contributed by atoms with van der Waals surface area (Å²) in [6, 6.07) is 8.76. The van der Waals surface area contributed by atoms with Gasteiger partial charge in [-0.3, -0.25) is 0 Å². The summed E-state index contributed by atoms with van der Waals surface area (Å²) in [5.74, 6) is 1.57. The smallest absolute Gasteiger partial charge is 0.141 e. The zero-order valence-electron chi connectivity index (χ0n) is 12.6. The summed E-state index contributed by atoms with van der Waals surface area (Å²) in [5, 5.41) is 7.68. The molecule has 0 amide bonds. The molecule has 0 aliphatic carbocycles. The number of hydrogen-bond donors (Lipinski definition) is 1. The fraction of sp³-hybridized carbons (Fsp3) is 0.500. The van der Waals surface area contributed by atoms with Crippen LogP contribution in [-0.2, 0) is 13.1 Å². The molecule has 1 aromatic carbocycles. The monoisotopic (exact) mass is 272 g/mol. The van der Waals surface area contributed by atoms with Gasteiger partial charge in [0.05, 0.1) is 13.1 Å². The Labute approximate surface area is 121 Å². The molecule has 20 heavy (non-hydrogen) atoms. The van der Waals surface area contributed by atoms with Crippen LogP contribution in [0.1, 0.15) is 50.1 Å². The highest BCUT2D eigenvalue weighted by Crippen LogP contribution is 2.15. The van der Waals surface area contributed by atoms with E-state index in [1.165, 1.54) is 11.1 Å². The number of aromatic nitrogens is 3. The van der Waals surface area contributed by atoms with Gasteiger partial charge in [-0.1, -0.05) is 45.0 Å². The first-order valence-electron chi connectivity index (χ1n) is 7.37. The van der Waals surface area contributed by atoms with Crippen LogP contribution in [0.5, 0.6) is 0 Å². The molecule has 108 valence electrons. The Morgan fingerprint density at radius 3 is 2.60 bits per heavy atom. The Morgan fingerprint density at radius 1 is 1.20 bits per heavy atom. The standard InChI is InChI=1S/C16H24N4/c1-4-9-17-10-16-18-12-19-20(16)11-14-5-7-15(8-6-14)13(2)3/h5-8,12-13,17H,4,9-11H2,1-3H3. The lowest BCUT2D eigenvalue weighted by molar-refractivity contribution is 0.582. The van der Waals surface area contributed by atoms with Crippen LogP contribution < -0.4 is 5.32 Å². The summed E-state index contributed by atoms with van der Waals surface area (Å²) in [5.41, 5.74) is 2.63. The average Bonchev–Trinajstić information content (AvgIpc) is 2.87. The van der Waals surface area contributed by atoms with Crippen LogP contribution in [0.2, 0.25) is 0 Å². The molecule has 2 rings (SSSR count). The molecule has 0 spiro atoms. The van der Waals surface area contributed by atoms with Gasteiger partial charge in [0.1, 0.15) is 12.2 Å². The predicted molar refractivity (Wildman–Crippen MR) is 81.7 cm³/mol. The van der Waals surface area contributed by atoms with Crippen molar-refractivity contribution in [3.63, 3.8) is 0 Å². The number of nitrogens with one attached hydrogen (secondary N) is 1. The van der Waals surface area contributed by atoms with E-state index in [2.05, 4.69) is 60.4 Å². The second kappa shape index (κ2) is 7.20. The van der Waals surface area contributed by atoms with Gasteiger partial charge < -0.3 is 5.32 Å². The van der Waals surface area contributed by atoms with Crippen molar-refractivity contribution in [2.45, 2.75) is 46.2 Å². The molecule has 2 aromatic rings. The van der Waals surface area contributed by atoms with Crippen LogP contribution >= 0.6 is 0 Å². The van der Waals surface area contributed by atoms with Crippen molar-refractivity contribution in [2.24, 2.45) is 0 Å². The van der Waals surface area contributed by atoms with E-state index < -0.39 is 0 Å². The second-order valence-electron chi connectivity index (χ2n) is 5.41. The van der Waals surface area contributed by atoms with Gasteiger partial charge in [0.15, 0.2) is 0 Å². The molecule has 0 aliphatic rings. The molecule has 1 aromatic heterocycles. The zero-order chi connectivity index (χ0) is 14.4. The number of benzene rings is 1. The van der Waals surface area contributed by atoms with E-state index in [0.29, 0.717) is 5.92 Å². The fourth-order valence-corrected chi connectivity index (χ4v) is 2.11. The van der Waals surface area contributed by atoms with Gasteiger partial charge in [0.2, 0.25) is 0 Å². The van der Waals surface area contributed by atoms with E-state index in [1.807, 2.05) is 4.68 Å². The van der Waals surface area contributed by atoms with Crippen LogP contribution in [0.25, 0.3) is 0 Å². The molecule has 4 heteroatoms. The van der Waals surface area contributed by atoms with Crippen LogP contribution in [0.4, 0.5) is 0 Å². The first-order valence-corrected chi connectivity index (χ1v) is 7.37. The van der Waals surface area contributed by atoms with E-state index in [0.717, 1.165) is 31.9 Å². The Hall–Kier alpha value is -1.68. The molecular weight excluding hydrogens is 248 g/mol. The van der Waals surface area contributed by atoms with Crippen molar-refractivity contribution < 1.29 is 0 Å². The maximum absolute atomic E-state index is 4.32. The van der Waals surface area contributed by atoms with Gasteiger partial charge >= 0.3 is 0 Å². The van der Waals surface area contributed by atoms with E-state index in [4.69, 9.17) is 0 Å². The number of nitrogens with zero attached hydrogens (tertiary/aromatic N) is 3. The third kappa shape index (κ3) is 3.90. The SMILES string of the molecule is CCCNCc1ncnn1Cc1ccc(C(C)C)cc1. The Morgan fingerprint density at radius 2 is 1.95 bits per heavy atom. The van der Waals surface area contributed by atoms with Gasteiger partial charge in [-0.05, 0) is 30.0 Å². The third-order valence-electron chi connectivity index (χ3n) is 3.38. The predicted octanol–water partition coefficient (Wildman–Crippen LogP) is 2.95. The Kier molecular flexibility index (Phi) is 5.30.